The zero-order valence-electron chi connectivity index (χ0n) is 10.3. The van der Waals surface area contributed by atoms with E-state index in [4.69, 9.17) is 4.74 Å². The van der Waals surface area contributed by atoms with E-state index in [9.17, 15) is 4.79 Å². The number of urea groups is 1. The van der Waals surface area contributed by atoms with Crippen LogP contribution in [0, 0.1) is 0 Å². The van der Waals surface area contributed by atoms with Gasteiger partial charge in [-0.05, 0) is 38.5 Å². The summed E-state index contributed by atoms with van der Waals surface area (Å²) in [7, 11) is 0. The van der Waals surface area contributed by atoms with E-state index >= 15 is 0 Å². The van der Waals surface area contributed by atoms with E-state index in [0.29, 0.717) is 18.7 Å². The highest BCUT2D eigenvalue weighted by Crippen LogP contribution is 2.14. The maximum Gasteiger partial charge on any atom is 0.315 e. The van der Waals surface area contributed by atoms with Gasteiger partial charge in [-0.15, -0.1) is 0 Å². The Bertz CT molecular complexity index is 265. The Balaban J connectivity index is 1.53. The molecule has 1 saturated heterocycles. The zero-order chi connectivity index (χ0) is 11.9. The fourth-order valence-electron chi connectivity index (χ4n) is 2.35. The average Bonchev–Trinajstić information content (AvgIpc) is 2.83. The largest absolute Gasteiger partial charge is 0.378 e. The molecule has 0 spiro atoms. The zero-order valence-corrected chi connectivity index (χ0v) is 10.3. The summed E-state index contributed by atoms with van der Waals surface area (Å²) in [6, 6.07) is 0.246. The molecule has 96 valence electrons. The average molecular weight is 238 g/mol. The van der Waals surface area contributed by atoms with E-state index in [1.807, 2.05) is 0 Å². The third-order valence-corrected chi connectivity index (χ3v) is 3.37. The second-order valence-electron chi connectivity index (χ2n) is 4.82. The van der Waals surface area contributed by atoms with Crippen LogP contribution in [0.2, 0.25) is 0 Å². The van der Waals surface area contributed by atoms with Gasteiger partial charge in [0.25, 0.3) is 0 Å². The molecule has 2 aliphatic rings. The van der Waals surface area contributed by atoms with Crippen molar-refractivity contribution in [2.24, 2.45) is 0 Å². The van der Waals surface area contributed by atoms with Crippen molar-refractivity contribution in [1.29, 1.82) is 0 Å². The normalized spacial score (nSPS) is 24.8. The first kappa shape index (κ1) is 12.4. The summed E-state index contributed by atoms with van der Waals surface area (Å²) in [4.78, 5) is 11.5. The maximum atomic E-state index is 11.5. The van der Waals surface area contributed by atoms with E-state index in [0.717, 1.165) is 32.3 Å². The fraction of sp³-hybridized carbons (Fsp3) is 0.769. The number of carbonyl (C=O) groups is 1. The van der Waals surface area contributed by atoms with Gasteiger partial charge in [0.2, 0.25) is 0 Å². The highest BCUT2D eigenvalue weighted by molar-refractivity contribution is 5.74. The van der Waals surface area contributed by atoms with Crippen molar-refractivity contribution >= 4 is 6.03 Å². The fourth-order valence-corrected chi connectivity index (χ4v) is 2.35. The number of rotatable bonds is 4. The van der Waals surface area contributed by atoms with Crippen molar-refractivity contribution in [2.75, 3.05) is 13.2 Å². The van der Waals surface area contributed by atoms with Crippen LogP contribution >= 0.6 is 0 Å². The van der Waals surface area contributed by atoms with Crippen LogP contribution in [0.1, 0.15) is 38.5 Å². The molecular formula is C13H22N2O2. The van der Waals surface area contributed by atoms with Gasteiger partial charge in [0.15, 0.2) is 0 Å². The van der Waals surface area contributed by atoms with Gasteiger partial charge in [-0.25, -0.2) is 4.79 Å². The lowest BCUT2D eigenvalue weighted by Crippen LogP contribution is -2.42. The first-order chi connectivity index (χ1) is 8.34. The van der Waals surface area contributed by atoms with Crippen LogP contribution < -0.4 is 10.6 Å². The Morgan fingerprint density at radius 3 is 2.82 bits per heavy atom. The Morgan fingerprint density at radius 1 is 1.29 bits per heavy atom. The van der Waals surface area contributed by atoms with Crippen molar-refractivity contribution in [3.63, 3.8) is 0 Å². The quantitative estimate of drug-likeness (QED) is 0.736. The summed E-state index contributed by atoms with van der Waals surface area (Å²) in [6.45, 7) is 1.58. The van der Waals surface area contributed by atoms with Crippen molar-refractivity contribution in [2.45, 2.75) is 50.7 Å². The van der Waals surface area contributed by atoms with Crippen LogP contribution in [0.3, 0.4) is 0 Å². The summed E-state index contributed by atoms with van der Waals surface area (Å²) < 4.78 is 5.61. The molecule has 2 amide bonds. The minimum Gasteiger partial charge on any atom is -0.378 e. The molecule has 4 nitrogen and oxygen atoms in total. The summed E-state index contributed by atoms with van der Waals surface area (Å²) >= 11 is 0. The molecule has 1 atom stereocenters. The van der Waals surface area contributed by atoms with E-state index in [-0.39, 0.29) is 6.03 Å². The van der Waals surface area contributed by atoms with Crippen LogP contribution in [0.5, 0.6) is 0 Å². The number of nitrogens with one attached hydrogen (secondary N) is 2. The SMILES string of the molecule is O=C(NCCC1CCCCO1)NC1CC=CC1. The minimum absolute atomic E-state index is 0.0468. The number of carbonyl (C=O) groups excluding carboxylic acids is 1. The third kappa shape index (κ3) is 4.38. The van der Waals surface area contributed by atoms with Gasteiger partial charge in [-0.2, -0.15) is 0 Å². The van der Waals surface area contributed by atoms with E-state index in [2.05, 4.69) is 22.8 Å². The molecule has 1 fully saturated rings. The molecule has 4 heteroatoms. The minimum atomic E-state index is -0.0468. The third-order valence-electron chi connectivity index (χ3n) is 3.37. The standard InChI is InChI=1S/C13H22N2O2/c16-13(15-11-5-1-2-6-11)14-9-8-12-7-3-4-10-17-12/h1-2,11-12H,3-10H2,(H2,14,15,16). The van der Waals surface area contributed by atoms with Crippen LogP contribution in [0.4, 0.5) is 4.79 Å². The second-order valence-corrected chi connectivity index (χ2v) is 4.82. The Labute approximate surface area is 103 Å². The molecule has 0 radical (unpaired) electrons. The van der Waals surface area contributed by atoms with Gasteiger partial charge in [-0.1, -0.05) is 12.2 Å². The van der Waals surface area contributed by atoms with Crippen molar-refractivity contribution in [3.8, 4) is 0 Å². The highest BCUT2D eigenvalue weighted by atomic mass is 16.5. The molecule has 0 aromatic carbocycles. The number of amides is 2. The second kappa shape index (κ2) is 6.64. The molecule has 0 saturated carbocycles. The molecule has 1 unspecified atom stereocenters. The first-order valence-corrected chi connectivity index (χ1v) is 6.65. The van der Waals surface area contributed by atoms with Crippen LogP contribution in [0.15, 0.2) is 12.2 Å². The molecule has 0 aromatic heterocycles. The number of hydrogen-bond acceptors (Lipinski definition) is 2. The van der Waals surface area contributed by atoms with Gasteiger partial charge < -0.3 is 15.4 Å². The van der Waals surface area contributed by atoms with Crippen LogP contribution in [-0.4, -0.2) is 31.3 Å². The Kier molecular flexibility index (Phi) is 4.86. The summed E-state index contributed by atoms with van der Waals surface area (Å²) in [5.74, 6) is 0. The molecule has 0 bridgehead atoms. The van der Waals surface area contributed by atoms with Gasteiger partial charge in [-0.3, -0.25) is 0 Å². The van der Waals surface area contributed by atoms with Gasteiger partial charge in [0.1, 0.15) is 0 Å². The van der Waals surface area contributed by atoms with E-state index in [1.165, 1.54) is 12.8 Å². The molecule has 17 heavy (non-hydrogen) atoms. The number of hydrogen-bond donors (Lipinski definition) is 2. The summed E-state index contributed by atoms with van der Waals surface area (Å²) in [5, 5.41) is 5.86. The maximum absolute atomic E-state index is 11.5. The topological polar surface area (TPSA) is 50.4 Å². The molecule has 1 aliphatic carbocycles. The van der Waals surface area contributed by atoms with E-state index < -0.39 is 0 Å². The lowest BCUT2D eigenvalue weighted by atomic mass is 10.1. The molecule has 2 rings (SSSR count). The number of ether oxygens (including phenoxy) is 1. The predicted octanol–water partition coefficient (Wildman–Crippen LogP) is 1.96. The monoisotopic (exact) mass is 238 g/mol. The summed E-state index contributed by atoms with van der Waals surface area (Å²) in [6.07, 6.45) is 11.0. The summed E-state index contributed by atoms with van der Waals surface area (Å²) in [5.41, 5.74) is 0. The molecular weight excluding hydrogens is 216 g/mol. The van der Waals surface area contributed by atoms with E-state index in [1.54, 1.807) is 0 Å². The molecule has 1 heterocycles. The van der Waals surface area contributed by atoms with Crippen molar-refractivity contribution < 1.29 is 9.53 Å². The van der Waals surface area contributed by atoms with Crippen molar-refractivity contribution in [3.05, 3.63) is 12.2 Å². The molecule has 2 N–H and O–H groups in total. The first-order valence-electron chi connectivity index (χ1n) is 6.65. The Morgan fingerprint density at radius 2 is 2.12 bits per heavy atom. The smallest absolute Gasteiger partial charge is 0.315 e. The Hall–Kier alpha value is -1.03. The van der Waals surface area contributed by atoms with Gasteiger partial charge in [0.05, 0.1) is 6.10 Å². The lowest BCUT2D eigenvalue weighted by Gasteiger charge is -2.22. The van der Waals surface area contributed by atoms with Gasteiger partial charge >= 0.3 is 6.03 Å². The van der Waals surface area contributed by atoms with Crippen molar-refractivity contribution in [1.82, 2.24) is 10.6 Å². The van der Waals surface area contributed by atoms with Gasteiger partial charge in [0, 0.05) is 19.2 Å². The van der Waals surface area contributed by atoms with Crippen LogP contribution in [0.25, 0.3) is 0 Å². The predicted molar refractivity (Wildman–Crippen MR) is 66.9 cm³/mol. The highest BCUT2D eigenvalue weighted by Gasteiger charge is 2.15. The lowest BCUT2D eigenvalue weighted by molar-refractivity contribution is 0.0120. The molecule has 1 aliphatic heterocycles. The molecule has 0 aromatic rings. The van der Waals surface area contributed by atoms with Crippen LogP contribution in [-0.2, 0) is 4.74 Å².